The fourth-order valence-corrected chi connectivity index (χ4v) is 8.05. The maximum atomic E-state index is 13.6. The highest BCUT2D eigenvalue weighted by molar-refractivity contribution is 5.92. The number of halogens is 3. The molecule has 5 atom stereocenters. The molecule has 0 N–H and O–H groups in total. The highest BCUT2D eigenvalue weighted by atomic mass is 19.4. The van der Waals surface area contributed by atoms with Crippen LogP contribution in [0.4, 0.5) is 13.2 Å². The van der Waals surface area contributed by atoms with E-state index in [1.54, 1.807) is 24.1 Å². The van der Waals surface area contributed by atoms with Crippen LogP contribution in [0.1, 0.15) is 49.8 Å². The molecule has 1 saturated heterocycles. The van der Waals surface area contributed by atoms with Crippen LogP contribution in [0.3, 0.4) is 0 Å². The number of benzene rings is 2. The van der Waals surface area contributed by atoms with Crippen LogP contribution in [-0.2, 0) is 31.0 Å². The van der Waals surface area contributed by atoms with Gasteiger partial charge in [-0.05, 0) is 74.7 Å². The Morgan fingerprint density at radius 3 is 2.59 bits per heavy atom. The van der Waals surface area contributed by atoms with Crippen molar-refractivity contribution in [3.8, 4) is 17.2 Å². The number of likely N-dealkylation sites (N-methyl/N-ethyl adjacent to an activating group) is 2. The van der Waals surface area contributed by atoms with E-state index in [0.29, 0.717) is 43.5 Å². The maximum absolute atomic E-state index is 13.6. The molecule has 2 aliphatic heterocycles. The Morgan fingerprint density at radius 2 is 1.89 bits per heavy atom. The van der Waals surface area contributed by atoms with Crippen LogP contribution < -0.4 is 14.2 Å². The Morgan fingerprint density at radius 1 is 1.11 bits per heavy atom. The minimum atomic E-state index is -4.83. The molecule has 6 rings (SSSR count). The van der Waals surface area contributed by atoms with E-state index in [9.17, 15) is 27.6 Å². The van der Waals surface area contributed by atoms with Gasteiger partial charge in [0.25, 0.3) is 0 Å². The summed E-state index contributed by atoms with van der Waals surface area (Å²) in [6, 6.07) is 8.43. The number of alkyl halides is 3. The van der Waals surface area contributed by atoms with Crippen LogP contribution in [0, 0.1) is 0 Å². The Balaban J connectivity index is 1.38. The average Bonchev–Trinajstić information content (AvgIpc) is 3.29. The number of nitrogens with zero attached hydrogens (tertiary/aromatic N) is 2. The zero-order valence-corrected chi connectivity index (χ0v) is 24.8. The van der Waals surface area contributed by atoms with Crippen LogP contribution in [-0.4, -0.2) is 78.4 Å². The lowest BCUT2D eigenvalue weighted by Gasteiger charge is -2.65. The molecule has 2 aromatic rings. The van der Waals surface area contributed by atoms with Crippen LogP contribution in [0.25, 0.3) is 6.08 Å². The quantitative estimate of drug-likeness (QED) is 0.269. The number of carbonyl (C=O) groups is 3. The van der Waals surface area contributed by atoms with Gasteiger partial charge in [0.05, 0.1) is 17.5 Å². The number of rotatable bonds is 6. The minimum Gasteiger partial charge on any atom is -0.483 e. The zero-order valence-electron chi connectivity index (χ0n) is 24.8. The molecule has 0 aromatic heterocycles. The van der Waals surface area contributed by atoms with Crippen molar-refractivity contribution in [2.75, 3.05) is 20.6 Å². The van der Waals surface area contributed by atoms with E-state index in [1.165, 1.54) is 44.2 Å². The standard InChI is InChI=1S/C32H33F3N2O7/c1-18(38)41-24-10-9-21-17-25-31(43-19(2)39)13-12-23(29-30(31,14-15-36(25)3)27(21)28(24)42-29)37(4)26(40)11-8-20-6-5-7-22(16-20)44-32(33,34)35/h5-11,16,23,25,29H,12-15,17H2,1-4H3/t23-,25-,29+,30+,31-/m1/s1. The largest absolute Gasteiger partial charge is 0.573 e. The summed E-state index contributed by atoms with van der Waals surface area (Å²) in [4.78, 5) is 42.1. The lowest BCUT2D eigenvalue weighted by atomic mass is 9.48. The molecule has 2 fully saturated rings. The Bertz CT molecular complexity index is 1560. The number of hydrogen-bond acceptors (Lipinski definition) is 8. The normalized spacial score (nSPS) is 28.6. The molecule has 12 heteroatoms. The van der Waals surface area contributed by atoms with E-state index in [2.05, 4.69) is 9.64 Å². The summed E-state index contributed by atoms with van der Waals surface area (Å²) in [5.74, 6) is -0.957. The van der Waals surface area contributed by atoms with Gasteiger partial charge in [-0.1, -0.05) is 18.2 Å². The molecule has 1 spiro atoms. The van der Waals surface area contributed by atoms with Gasteiger partial charge in [0.1, 0.15) is 17.5 Å². The molecule has 234 valence electrons. The van der Waals surface area contributed by atoms with Crippen molar-refractivity contribution in [2.24, 2.45) is 0 Å². The summed E-state index contributed by atoms with van der Waals surface area (Å²) < 4.78 is 60.7. The third-order valence-electron chi connectivity index (χ3n) is 9.58. The molecule has 2 heterocycles. The molecular weight excluding hydrogens is 581 g/mol. The highest BCUT2D eigenvalue weighted by Gasteiger charge is 2.75. The molecular formula is C32H33F3N2O7. The van der Waals surface area contributed by atoms with Crippen molar-refractivity contribution >= 4 is 23.9 Å². The van der Waals surface area contributed by atoms with Gasteiger partial charge in [-0.3, -0.25) is 19.3 Å². The first-order valence-corrected chi connectivity index (χ1v) is 14.5. The summed E-state index contributed by atoms with van der Waals surface area (Å²) in [7, 11) is 3.68. The Kier molecular flexibility index (Phi) is 7.18. The summed E-state index contributed by atoms with van der Waals surface area (Å²) in [6.45, 7) is 3.41. The molecule has 0 unspecified atom stereocenters. The molecule has 44 heavy (non-hydrogen) atoms. The second-order valence-electron chi connectivity index (χ2n) is 12.0. The lowest BCUT2D eigenvalue weighted by Crippen LogP contribution is -2.78. The van der Waals surface area contributed by atoms with Crippen LogP contribution in [0.15, 0.2) is 42.5 Å². The number of esters is 2. The van der Waals surface area contributed by atoms with E-state index in [-0.39, 0.29) is 23.4 Å². The molecule has 2 aromatic carbocycles. The van der Waals surface area contributed by atoms with Crippen molar-refractivity contribution in [2.45, 2.75) is 75.1 Å². The van der Waals surface area contributed by atoms with Crippen molar-refractivity contribution in [3.05, 3.63) is 59.2 Å². The Hall–Kier alpha value is -4.06. The SMILES string of the molecule is CC(=O)Oc1ccc2c3c1O[C@H]1[C@H](N(C)C(=O)C=Cc4cccc(OC(F)(F)F)c4)CC[C@@]4(OC(C)=O)[C@@H](C2)N(C)CC[C@]314. The van der Waals surface area contributed by atoms with Gasteiger partial charge in [-0.25, -0.2) is 0 Å². The summed E-state index contributed by atoms with van der Waals surface area (Å²) in [6.07, 6.45) is -0.592. The molecule has 1 saturated carbocycles. The molecule has 2 bridgehead atoms. The van der Waals surface area contributed by atoms with Gasteiger partial charge >= 0.3 is 18.3 Å². The number of likely N-dealkylation sites (tertiary alicyclic amines) is 1. The van der Waals surface area contributed by atoms with Gasteiger partial charge in [0, 0.05) is 32.5 Å². The van der Waals surface area contributed by atoms with E-state index in [4.69, 9.17) is 14.2 Å². The fourth-order valence-electron chi connectivity index (χ4n) is 8.05. The monoisotopic (exact) mass is 614 g/mol. The van der Waals surface area contributed by atoms with E-state index in [0.717, 1.165) is 11.1 Å². The van der Waals surface area contributed by atoms with Crippen molar-refractivity contribution in [1.29, 1.82) is 0 Å². The second kappa shape index (κ2) is 10.5. The third-order valence-corrected chi connectivity index (χ3v) is 9.58. The van der Waals surface area contributed by atoms with Crippen LogP contribution in [0.2, 0.25) is 0 Å². The summed E-state index contributed by atoms with van der Waals surface area (Å²) in [5, 5.41) is 0. The number of carbonyl (C=O) groups excluding carboxylic acids is 3. The van der Waals surface area contributed by atoms with Gasteiger partial charge < -0.3 is 23.8 Å². The maximum Gasteiger partial charge on any atom is 0.573 e. The molecule has 1 amide bonds. The highest BCUT2D eigenvalue weighted by Crippen LogP contribution is 2.67. The smallest absolute Gasteiger partial charge is 0.483 e. The topological polar surface area (TPSA) is 94.6 Å². The van der Waals surface area contributed by atoms with E-state index < -0.39 is 41.5 Å². The van der Waals surface area contributed by atoms with Crippen molar-refractivity contribution < 1.29 is 46.5 Å². The average molecular weight is 615 g/mol. The first-order valence-electron chi connectivity index (χ1n) is 14.5. The first kappa shape index (κ1) is 30.0. The summed E-state index contributed by atoms with van der Waals surface area (Å²) >= 11 is 0. The second-order valence-corrected chi connectivity index (χ2v) is 12.0. The number of hydrogen-bond donors (Lipinski definition) is 0. The Labute approximate surface area is 252 Å². The van der Waals surface area contributed by atoms with Gasteiger partial charge in [-0.15, -0.1) is 13.2 Å². The number of piperidine rings is 1. The predicted octanol–water partition coefficient (Wildman–Crippen LogP) is 4.41. The number of amides is 1. The van der Waals surface area contributed by atoms with Gasteiger partial charge in [0.2, 0.25) is 5.91 Å². The van der Waals surface area contributed by atoms with Crippen LogP contribution in [0.5, 0.6) is 17.2 Å². The predicted molar refractivity (Wildman–Crippen MR) is 151 cm³/mol. The molecule has 9 nitrogen and oxygen atoms in total. The number of ether oxygens (including phenoxy) is 4. The minimum absolute atomic E-state index is 0.127. The van der Waals surface area contributed by atoms with E-state index >= 15 is 0 Å². The fraction of sp³-hybridized carbons (Fsp3) is 0.469. The molecule has 0 radical (unpaired) electrons. The zero-order chi connectivity index (χ0) is 31.6. The summed E-state index contributed by atoms with van der Waals surface area (Å²) in [5.41, 5.74) is 0.510. The third kappa shape index (κ3) is 4.70. The first-order chi connectivity index (χ1) is 20.8. The lowest BCUT2D eigenvalue weighted by molar-refractivity contribution is -0.274. The van der Waals surface area contributed by atoms with Crippen molar-refractivity contribution in [1.82, 2.24) is 9.80 Å². The van der Waals surface area contributed by atoms with Crippen molar-refractivity contribution in [3.63, 3.8) is 0 Å². The van der Waals surface area contributed by atoms with Gasteiger partial charge in [-0.2, -0.15) is 0 Å². The van der Waals surface area contributed by atoms with Crippen LogP contribution >= 0.6 is 0 Å². The molecule has 2 aliphatic carbocycles. The van der Waals surface area contributed by atoms with E-state index in [1.807, 2.05) is 13.1 Å². The molecule has 4 aliphatic rings. The van der Waals surface area contributed by atoms with Gasteiger partial charge in [0.15, 0.2) is 11.5 Å².